The standard InChI is InChI=1S/C23H23N3O4S2/c1-2-30-22(28)15-8-10-16(11-9-15)24-20(27)14-32-21-18-6-3-7-19(18)26(23(29)25-21)13-17-5-4-12-31-17/h4-5,8-12H,2-3,6-7,13-14H2,1H3,(H,24,27). The molecule has 9 heteroatoms. The van der Waals surface area contributed by atoms with Crippen LogP contribution in [0, 0.1) is 0 Å². The molecule has 0 aliphatic heterocycles. The van der Waals surface area contributed by atoms with Crippen molar-refractivity contribution in [1.82, 2.24) is 9.55 Å². The molecule has 1 aliphatic carbocycles. The normalized spacial score (nSPS) is 12.4. The summed E-state index contributed by atoms with van der Waals surface area (Å²) in [5.41, 5.74) is 2.88. The summed E-state index contributed by atoms with van der Waals surface area (Å²) < 4.78 is 6.72. The highest BCUT2D eigenvalue weighted by Gasteiger charge is 2.22. The highest BCUT2D eigenvalue weighted by Crippen LogP contribution is 2.30. The molecule has 3 aromatic rings. The van der Waals surface area contributed by atoms with Gasteiger partial charge in [0, 0.05) is 21.8 Å². The number of thioether (sulfide) groups is 1. The summed E-state index contributed by atoms with van der Waals surface area (Å²) in [6.45, 7) is 2.60. The number of carbonyl (C=O) groups excluding carboxylic acids is 2. The zero-order valence-corrected chi connectivity index (χ0v) is 19.3. The predicted molar refractivity (Wildman–Crippen MR) is 126 cm³/mol. The molecule has 0 spiro atoms. The summed E-state index contributed by atoms with van der Waals surface area (Å²) in [6.07, 6.45) is 2.70. The Morgan fingerprint density at radius 3 is 2.75 bits per heavy atom. The highest BCUT2D eigenvalue weighted by molar-refractivity contribution is 8.00. The van der Waals surface area contributed by atoms with Crippen LogP contribution in [0.1, 0.15) is 39.8 Å². The van der Waals surface area contributed by atoms with Gasteiger partial charge in [0.25, 0.3) is 0 Å². The zero-order valence-electron chi connectivity index (χ0n) is 17.6. The van der Waals surface area contributed by atoms with Crippen LogP contribution in [0.3, 0.4) is 0 Å². The summed E-state index contributed by atoms with van der Waals surface area (Å²) in [7, 11) is 0. The van der Waals surface area contributed by atoms with E-state index in [1.54, 1.807) is 47.1 Å². The molecule has 1 aromatic carbocycles. The van der Waals surface area contributed by atoms with E-state index in [4.69, 9.17) is 4.74 Å². The zero-order chi connectivity index (χ0) is 22.5. The number of anilines is 1. The summed E-state index contributed by atoms with van der Waals surface area (Å²) in [5, 5.41) is 5.46. The first-order valence-electron chi connectivity index (χ1n) is 10.4. The number of aromatic nitrogens is 2. The summed E-state index contributed by atoms with van der Waals surface area (Å²) in [4.78, 5) is 42.3. The van der Waals surface area contributed by atoms with Crippen molar-refractivity contribution in [2.75, 3.05) is 17.7 Å². The second-order valence-electron chi connectivity index (χ2n) is 7.28. The molecule has 0 saturated heterocycles. The van der Waals surface area contributed by atoms with Crippen molar-refractivity contribution in [2.24, 2.45) is 0 Å². The number of ether oxygens (including phenoxy) is 1. The Balaban J connectivity index is 1.41. The lowest BCUT2D eigenvalue weighted by Gasteiger charge is -2.13. The number of rotatable bonds is 8. The van der Waals surface area contributed by atoms with E-state index in [1.807, 2.05) is 17.5 Å². The van der Waals surface area contributed by atoms with E-state index in [1.165, 1.54) is 11.8 Å². The number of esters is 1. The van der Waals surface area contributed by atoms with Crippen molar-refractivity contribution in [2.45, 2.75) is 37.8 Å². The Hall–Kier alpha value is -2.91. The number of nitrogens with one attached hydrogen (secondary N) is 1. The van der Waals surface area contributed by atoms with Gasteiger partial charge in [-0.15, -0.1) is 11.3 Å². The minimum absolute atomic E-state index is 0.146. The van der Waals surface area contributed by atoms with Crippen LogP contribution in [0.4, 0.5) is 5.69 Å². The SMILES string of the molecule is CCOC(=O)c1ccc(NC(=O)CSc2nc(=O)n(Cc3cccs3)c3c2CCC3)cc1. The lowest BCUT2D eigenvalue weighted by Crippen LogP contribution is -2.27. The van der Waals surface area contributed by atoms with Crippen molar-refractivity contribution in [3.63, 3.8) is 0 Å². The maximum Gasteiger partial charge on any atom is 0.349 e. The van der Waals surface area contributed by atoms with Crippen LogP contribution in [0.2, 0.25) is 0 Å². The van der Waals surface area contributed by atoms with Crippen LogP contribution in [0.25, 0.3) is 0 Å². The van der Waals surface area contributed by atoms with Gasteiger partial charge in [0.2, 0.25) is 5.91 Å². The van der Waals surface area contributed by atoms with Crippen molar-refractivity contribution >= 4 is 40.7 Å². The van der Waals surface area contributed by atoms with Gasteiger partial charge in [-0.25, -0.2) is 9.59 Å². The van der Waals surface area contributed by atoms with E-state index in [-0.39, 0.29) is 17.3 Å². The quantitative estimate of drug-likeness (QED) is 0.307. The van der Waals surface area contributed by atoms with E-state index in [0.717, 1.165) is 35.4 Å². The van der Waals surface area contributed by atoms with Crippen LogP contribution in [-0.4, -0.2) is 33.8 Å². The van der Waals surface area contributed by atoms with Gasteiger partial charge in [-0.2, -0.15) is 4.98 Å². The third kappa shape index (κ3) is 5.11. The monoisotopic (exact) mass is 469 g/mol. The van der Waals surface area contributed by atoms with Crippen LogP contribution in [-0.2, 0) is 28.9 Å². The molecule has 1 amide bonds. The molecule has 1 aliphatic rings. The van der Waals surface area contributed by atoms with E-state index < -0.39 is 5.97 Å². The van der Waals surface area contributed by atoms with Crippen molar-refractivity contribution < 1.29 is 14.3 Å². The molecule has 2 heterocycles. The van der Waals surface area contributed by atoms with Crippen LogP contribution in [0.15, 0.2) is 51.6 Å². The van der Waals surface area contributed by atoms with Gasteiger partial charge < -0.3 is 10.1 Å². The fourth-order valence-corrected chi connectivity index (χ4v) is 5.23. The topological polar surface area (TPSA) is 90.3 Å². The molecule has 1 N–H and O–H groups in total. The van der Waals surface area contributed by atoms with E-state index in [9.17, 15) is 14.4 Å². The van der Waals surface area contributed by atoms with Gasteiger partial charge in [0.1, 0.15) is 5.03 Å². The molecule has 0 fully saturated rings. The van der Waals surface area contributed by atoms with Gasteiger partial charge in [0.05, 0.1) is 24.5 Å². The Bertz CT molecular complexity index is 1170. The summed E-state index contributed by atoms with van der Waals surface area (Å²) >= 11 is 2.92. The molecule has 0 radical (unpaired) electrons. The fourth-order valence-electron chi connectivity index (χ4n) is 3.66. The van der Waals surface area contributed by atoms with Crippen molar-refractivity contribution in [1.29, 1.82) is 0 Å². The summed E-state index contributed by atoms with van der Waals surface area (Å²) in [6, 6.07) is 10.6. The van der Waals surface area contributed by atoms with E-state index in [2.05, 4.69) is 10.3 Å². The Morgan fingerprint density at radius 2 is 2.03 bits per heavy atom. The third-order valence-corrected chi connectivity index (χ3v) is 6.99. The minimum atomic E-state index is -0.394. The molecule has 0 saturated carbocycles. The number of fused-ring (bicyclic) bond motifs is 1. The first-order chi connectivity index (χ1) is 15.5. The average Bonchev–Trinajstić information content (AvgIpc) is 3.47. The Morgan fingerprint density at radius 1 is 1.22 bits per heavy atom. The number of hydrogen-bond acceptors (Lipinski definition) is 7. The molecule has 0 bridgehead atoms. The Labute approximate surface area is 193 Å². The van der Waals surface area contributed by atoms with Gasteiger partial charge in [-0.1, -0.05) is 17.8 Å². The number of carbonyl (C=O) groups is 2. The predicted octanol–water partition coefficient (Wildman–Crippen LogP) is 3.75. The largest absolute Gasteiger partial charge is 0.462 e. The smallest absolute Gasteiger partial charge is 0.349 e. The number of amides is 1. The Kier molecular flexibility index (Phi) is 7.06. The van der Waals surface area contributed by atoms with Gasteiger partial charge in [-0.3, -0.25) is 9.36 Å². The molecule has 7 nitrogen and oxygen atoms in total. The maximum atomic E-state index is 12.7. The maximum absolute atomic E-state index is 12.7. The highest BCUT2D eigenvalue weighted by atomic mass is 32.2. The molecule has 0 unspecified atom stereocenters. The summed E-state index contributed by atoms with van der Waals surface area (Å²) in [5.74, 6) is -0.446. The molecule has 0 atom stereocenters. The van der Waals surface area contributed by atoms with Gasteiger partial charge in [0.15, 0.2) is 0 Å². The number of hydrogen-bond donors (Lipinski definition) is 1. The molecule has 32 heavy (non-hydrogen) atoms. The third-order valence-electron chi connectivity index (χ3n) is 5.11. The fraction of sp³-hybridized carbons (Fsp3) is 0.304. The van der Waals surface area contributed by atoms with Crippen LogP contribution >= 0.6 is 23.1 Å². The molecular formula is C23H23N3O4S2. The van der Waals surface area contributed by atoms with Gasteiger partial charge >= 0.3 is 11.7 Å². The number of nitrogens with zero attached hydrogens (tertiary/aromatic N) is 2. The molecule has 4 rings (SSSR count). The average molecular weight is 470 g/mol. The number of benzene rings is 1. The second-order valence-corrected chi connectivity index (χ2v) is 9.27. The molecule has 2 aromatic heterocycles. The van der Waals surface area contributed by atoms with E-state index >= 15 is 0 Å². The first kappa shape index (κ1) is 22.3. The van der Waals surface area contributed by atoms with Crippen molar-refractivity contribution in [3.8, 4) is 0 Å². The lowest BCUT2D eigenvalue weighted by atomic mass is 10.2. The molecular weight excluding hydrogens is 446 g/mol. The number of thiophene rings is 1. The van der Waals surface area contributed by atoms with Gasteiger partial charge in [-0.05, 0) is 61.9 Å². The first-order valence-corrected chi connectivity index (χ1v) is 12.3. The van der Waals surface area contributed by atoms with Crippen LogP contribution < -0.4 is 11.0 Å². The van der Waals surface area contributed by atoms with Crippen molar-refractivity contribution in [3.05, 3.63) is 74.0 Å². The van der Waals surface area contributed by atoms with E-state index in [0.29, 0.717) is 29.4 Å². The second kappa shape index (κ2) is 10.1. The van der Waals surface area contributed by atoms with Crippen LogP contribution in [0.5, 0.6) is 0 Å². The minimum Gasteiger partial charge on any atom is -0.462 e. The molecule has 166 valence electrons. The lowest BCUT2D eigenvalue weighted by molar-refractivity contribution is -0.113.